The summed E-state index contributed by atoms with van der Waals surface area (Å²) in [6.45, 7) is 3.30. The highest BCUT2D eigenvalue weighted by atomic mass is 19.1. The first-order chi connectivity index (χ1) is 15.7. The van der Waals surface area contributed by atoms with Crippen LogP contribution in [0.4, 0.5) is 10.1 Å². The number of hydrogen-bond donors (Lipinski definition) is 0. The van der Waals surface area contributed by atoms with Crippen LogP contribution in [0.2, 0.25) is 0 Å². The van der Waals surface area contributed by atoms with Gasteiger partial charge >= 0.3 is 0 Å². The predicted octanol–water partition coefficient (Wildman–Crippen LogP) is 4.26. The van der Waals surface area contributed by atoms with Crippen LogP contribution in [0.15, 0.2) is 79.0 Å². The first kappa shape index (κ1) is 19.2. The second-order valence-electron chi connectivity index (χ2n) is 8.71. The van der Waals surface area contributed by atoms with E-state index in [1.807, 2.05) is 29.2 Å². The molecule has 6 heteroatoms. The van der Waals surface area contributed by atoms with Crippen molar-refractivity contribution in [2.75, 3.05) is 24.5 Å². The number of benzene rings is 3. The zero-order valence-electron chi connectivity index (χ0n) is 17.6. The summed E-state index contributed by atoms with van der Waals surface area (Å²) < 4.78 is 16.0. The molecule has 6 rings (SSSR count). The van der Waals surface area contributed by atoms with Crippen molar-refractivity contribution in [3.05, 3.63) is 90.4 Å². The number of anilines is 1. The maximum atomic E-state index is 14.4. The van der Waals surface area contributed by atoms with Gasteiger partial charge in [0.15, 0.2) is 0 Å². The lowest BCUT2D eigenvalue weighted by molar-refractivity contribution is -0.120. The van der Waals surface area contributed by atoms with Crippen LogP contribution in [0.1, 0.15) is 5.56 Å². The number of carbonyl (C=O) groups is 1. The highest BCUT2D eigenvalue weighted by Gasteiger charge is 2.46. The number of hydrogen-bond acceptors (Lipinski definition) is 3. The summed E-state index contributed by atoms with van der Waals surface area (Å²) in [5, 5.41) is 5.31. The third-order valence-electron chi connectivity index (χ3n) is 6.73. The summed E-state index contributed by atoms with van der Waals surface area (Å²) in [5.74, 6) is 0.198. The minimum atomic E-state index is -0.326. The molecule has 160 valence electrons. The molecule has 2 fully saturated rings. The Labute approximate surface area is 185 Å². The summed E-state index contributed by atoms with van der Waals surface area (Å²) in [6, 6.07) is 22.8. The van der Waals surface area contributed by atoms with Crippen LogP contribution in [-0.4, -0.2) is 40.2 Å². The first-order valence-electron chi connectivity index (χ1n) is 11.0. The number of aromatic nitrogens is 2. The molecule has 0 radical (unpaired) electrons. The van der Waals surface area contributed by atoms with Crippen molar-refractivity contribution in [2.45, 2.75) is 6.54 Å². The summed E-state index contributed by atoms with van der Waals surface area (Å²) >= 11 is 0. The average Bonchev–Trinajstić information content (AvgIpc) is 3.49. The number of rotatable bonds is 4. The fraction of sp³-hybridized carbons (Fsp3) is 0.231. The predicted molar refractivity (Wildman–Crippen MR) is 122 cm³/mol. The second kappa shape index (κ2) is 7.57. The number of likely N-dealkylation sites (tertiary alicyclic amines) is 1. The molecular formula is C26H23FN4O. The zero-order chi connectivity index (χ0) is 21.7. The van der Waals surface area contributed by atoms with E-state index in [4.69, 9.17) is 0 Å². The molecule has 3 heterocycles. The molecule has 2 aliphatic rings. The lowest BCUT2D eigenvalue weighted by atomic mass is 10.0. The van der Waals surface area contributed by atoms with E-state index in [0.29, 0.717) is 18.2 Å². The van der Waals surface area contributed by atoms with Gasteiger partial charge in [0.2, 0.25) is 5.91 Å². The van der Waals surface area contributed by atoms with Gasteiger partial charge in [0.25, 0.3) is 0 Å². The molecule has 0 N–H and O–H groups in total. The molecular weight excluding hydrogens is 403 g/mol. The Morgan fingerprint density at radius 3 is 2.47 bits per heavy atom. The van der Waals surface area contributed by atoms with Gasteiger partial charge in [-0.05, 0) is 29.8 Å². The number of halogens is 1. The van der Waals surface area contributed by atoms with E-state index >= 15 is 0 Å². The molecule has 0 bridgehead atoms. The van der Waals surface area contributed by atoms with Crippen molar-refractivity contribution in [1.29, 1.82) is 0 Å². The maximum Gasteiger partial charge on any atom is 0.231 e. The molecule has 0 spiro atoms. The van der Waals surface area contributed by atoms with Crippen molar-refractivity contribution in [1.82, 2.24) is 14.7 Å². The fourth-order valence-corrected chi connectivity index (χ4v) is 5.22. The smallest absolute Gasteiger partial charge is 0.231 e. The number of carbonyl (C=O) groups excluding carboxylic acids is 1. The van der Waals surface area contributed by atoms with Gasteiger partial charge in [-0.15, -0.1) is 0 Å². The van der Waals surface area contributed by atoms with Gasteiger partial charge in [-0.25, -0.2) is 9.07 Å². The Hall–Kier alpha value is -3.51. The Bertz CT molecular complexity index is 1300. The second-order valence-corrected chi connectivity index (χ2v) is 8.71. The van der Waals surface area contributed by atoms with Gasteiger partial charge in [0, 0.05) is 37.5 Å². The minimum absolute atomic E-state index is 0.0237. The van der Waals surface area contributed by atoms with Crippen LogP contribution in [0.25, 0.3) is 16.6 Å². The molecule has 32 heavy (non-hydrogen) atoms. The third kappa shape index (κ3) is 3.10. The van der Waals surface area contributed by atoms with E-state index in [1.54, 1.807) is 29.1 Å². The average molecular weight is 426 g/mol. The van der Waals surface area contributed by atoms with Crippen molar-refractivity contribution in [2.24, 2.45) is 11.8 Å². The van der Waals surface area contributed by atoms with Crippen molar-refractivity contribution < 1.29 is 9.18 Å². The van der Waals surface area contributed by atoms with E-state index in [1.165, 1.54) is 11.6 Å². The number of nitrogens with zero attached hydrogens (tertiary/aromatic N) is 4. The Balaban J connectivity index is 1.27. The molecule has 1 amide bonds. The molecule has 2 saturated heterocycles. The quantitative estimate of drug-likeness (QED) is 0.490. The molecule has 0 saturated carbocycles. The van der Waals surface area contributed by atoms with Gasteiger partial charge in [0.1, 0.15) is 11.5 Å². The van der Waals surface area contributed by atoms with Crippen LogP contribution in [0.3, 0.4) is 0 Å². The highest BCUT2D eigenvalue weighted by molar-refractivity contribution is 6.05. The zero-order valence-corrected chi connectivity index (χ0v) is 17.6. The highest BCUT2D eigenvalue weighted by Crippen LogP contribution is 2.38. The largest absolute Gasteiger partial charge is 0.311 e. The lowest BCUT2D eigenvalue weighted by Crippen LogP contribution is -2.32. The van der Waals surface area contributed by atoms with Gasteiger partial charge in [0.05, 0.1) is 23.3 Å². The van der Waals surface area contributed by atoms with Crippen LogP contribution in [0, 0.1) is 17.7 Å². The normalized spacial score (nSPS) is 20.9. The lowest BCUT2D eigenvalue weighted by Gasteiger charge is -2.22. The molecule has 0 unspecified atom stereocenters. The molecule has 5 nitrogen and oxygen atoms in total. The van der Waals surface area contributed by atoms with Crippen LogP contribution < -0.4 is 4.90 Å². The van der Waals surface area contributed by atoms with E-state index in [-0.39, 0.29) is 17.6 Å². The first-order valence-corrected chi connectivity index (χ1v) is 11.0. The summed E-state index contributed by atoms with van der Waals surface area (Å²) in [4.78, 5) is 17.7. The molecule has 4 aromatic rings. The van der Waals surface area contributed by atoms with E-state index < -0.39 is 0 Å². The summed E-state index contributed by atoms with van der Waals surface area (Å²) in [7, 11) is 0. The van der Waals surface area contributed by atoms with Gasteiger partial charge < -0.3 is 4.90 Å². The SMILES string of the molecule is O=C1[C@H]2CN(Cc3ccccc3)C[C@@H]2CN1c1cccc2c1cnn2-c1ccccc1F. The van der Waals surface area contributed by atoms with Crippen LogP contribution in [-0.2, 0) is 11.3 Å². The molecule has 0 aliphatic carbocycles. The van der Waals surface area contributed by atoms with Crippen molar-refractivity contribution in [3.8, 4) is 5.69 Å². The third-order valence-corrected chi connectivity index (χ3v) is 6.73. The summed E-state index contributed by atoms with van der Waals surface area (Å²) in [6.07, 6.45) is 1.74. The van der Waals surface area contributed by atoms with Crippen molar-refractivity contribution >= 4 is 22.5 Å². The Morgan fingerprint density at radius 1 is 0.875 bits per heavy atom. The van der Waals surface area contributed by atoms with Crippen LogP contribution >= 0.6 is 0 Å². The van der Waals surface area contributed by atoms with Gasteiger partial charge in [-0.3, -0.25) is 9.69 Å². The molecule has 2 aliphatic heterocycles. The fourth-order valence-electron chi connectivity index (χ4n) is 5.22. The Kier molecular flexibility index (Phi) is 4.54. The topological polar surface area (TPSA) is 41.4 Å². The van der Waals surface area contributed by atoms with Gasteiger partial charge in [-0.1, -0.05) is 48.5 Å². The number of amides is 1. The molecule has 2 atom stereocenters. The van der Waals surface area contributed by atoms with E-state index in [2.05, 4.69) is 34.3 Å². The number of fused-ring (bicyclic) bond motifs is 2. The maximum absolute atomic E-state index is 14.4. The Morgan fingerprint density at radius 2 is 1.66 bits per heavy atom. The number of para-hydroxylation sites is 1. The van der Waals surface area contributed by atoms with Crippen molar-refractivity contribution in [3.63, 3.8) is 0 Å². The van der Waals surface area contributed by atoms with Gasteiger partial charge in [-0.2, -0.15) is 5.10 Å². The molecule has 1 aromatic heterocycles. The molecule has 3 aromatic carbocycles. The van der Waals surface area contributed by atoms with Crippen LogP contribution in [0.5, 0.6) is 0 Å². The minimum Gasteiger partial charge on any atom is -0.311 e. The van der Waals surface area contributed by atoms with E-state index in [9.17, 15) is 9.18 Å². The monoisotopic (exact) mass is 426 g/mol. The summed E-state index contributed by atoms with van der Waals surface area (Å²) in [5.41, 5.74) is 3.34. The van der Waals surface area contributed by atoms with E-state index in [0.717, 1.165) is 36.2 Å². The standard InChI is InChI=1S/C26H23FN4O/c27-22-9-4-5-10-25(22)31-24-12-6-11-23(20(24)13-28-31)30-16-19-15-29(17-21(19)26(30)32)14-18-7-2-1-3-8-18/h1-13,19,21H,14-17H2/t19-,21+/m1/s1.